The lowest BCUT2D eigenvalue weighted by molar-refractivity contribution is 0.414. The van der Waals surface area contributed by atoms with E-state index in [0.717, 1.165) is 29.4 Å². The zero-order chi connectivity index (χ0) is 13.7. The molecule has 0 aliphatic heterocycles. The normalized spacial score (nSPS) is 10.1. The molecule has 2 aromatic rings. The predicted molar refractivity (Wildman–Crippen MR) is 78.9 cm³/mol. The second kappa shape index (κ2) is 6.09. The highest BCUT2D eigenvalue weighted by Gasteiger charge is 2.08. The van der Waals surface area contributed by atoms with Crippen molar-refractivity contribution in [2.75, 3.05) is 31.4 Å². The van der Waals surface area contributed by atoms with Crippen LogP contribution in [0.2, 0.25) is 0 Å². The molecule has 1 aromatic heterocycles. The van der Waals surface area contributed by atoms with E-state index in [1.165, 1.54) is 0 Å². The van der Waals surface area contributed by atoms with Gasteiger partial charge in [0.1, 0.15) is 5.75 Å². The maximum Gasteiger partial charge on any atom is 0.142 e. The van der Waals surface area contributed by atoms with Crippen molar-refractivity contribution in [3.8, 4) is 5.75 Å². The van der Waals surface area contributed by atoms with Crippen LogP contribution in [0.3, 0.4) is 0 Å². The molecule has 0 saturated heterocycles. The van der Waals surface area contributed by atoms with Crippen LogP contribution in [0, 0.1) is 0 Å². The average Bonchev–Trinajstić information content (AvgIpc) is 2.47. The molecule has 0 radical (unpaired) electrons. The number of para-hydroxylation sites is 2. The van der Waals surface area contributed by atoms with Gasteiger partial charge in [-0.1, -0.05) is 12.1 Å². The summed E-state index contributed by atoms with van der Waals surface area (Å²) in [6.07, 6.45) is 1.82. The third-order valence-corrected chi connectivity index (χ3v) is 3.00. The lowest BCUT2D eigenvalue weighted by Gasteiger charge is -2.21. The summed E-state index contributed by atoms with van der Waals surface area (Å²) in [5.41, 5.74) is 3.14. The van der Waals surface area contributed by atoms with Crippen LogP contribution in [0.15, 0.2) is 42.6 Å². The summed E-state index contributed by atoms with van der Waals surface area (Å²) in [6.45, 7) is 0.732. The molecular formula is C15H19N3O. The third-order valence-electron chi connectivity index (χ3n) is 3.00. The molecule has 0 fully saturated rings. The van der Waals surface area contributed by atoms with Gasteiger partial charge in [0.2, 0.25) is 0 Å². The lowest BCUT2D eigenvalue weighted by Crippen LogP contribution is -2.18. The molecule has 1 aromatic carbocycles. The van der Waals surface area contributed by atoms with Crippen molar-refractivity contribution in [3.63, 3.8) is 0 Å². The van der Waals surface area contributed by atoms with Gasteiger partial charge >= 0.3 is 0 Å². The topological polar surface area (TPSA) is 37.4 Å². The zero-order valence-electron chi connectivity index (χ0n) is 11.6. The second-order valence-electron chi connectivity index (χ2n) is 4.31. The standard InChI is InChI=1S/C15H19N3O/c1-16-12-8-9-17-13(10-12)11-18(2)14-6-4-5-7-15(14)19-3/h4-10H,11H2,1-3H3,(H,16,17). The Hall–Kier alpha value is -2.23. The van der Waals surface area contributed by atoms with Gasteiger partial charge in [0.25, 0.3) is 0 Å². The van der Waals surface area contributed by atoms with Gasteiger partial charge in [0, 0.05) is 26.0 Å². The summed E-state index contributed by atoms with van der Waals surface area (Å²) in [5.74, 6) is 0.870. The number of benzene rings is 1. The Kier molecular flexibility index (Phi) is 4.23. The molecule has 100 valence electrons. The molecule has 0 aliphatic carbocycles. The van der Waals surface area contributed by atoms with Crippen LogP contribution in [0.25, 0.3) is 0 Å². The van der Waals surface area contributed by atoms with E-state index in [9.17, 15) is 0 Å². The van der Waals surface area contributed by atoms with E-state index >= 15 is 0 Å². The first-order valence-corrected chi connectivity index (χ1v) is 6.21. The van der Waals surface area contributed by atoms with E-state index in [4.69, 9.17) is 4.74 Å². The van der Waals surface area contributed by atoms with Crippen LogP contribution in [0.4, 0.5) is 11.4 Å². The number of nitrogens with one attached hydrogen (secondary N) is 1. The number of hydrogen-bond acceptors (Lipinski definition) is 4. The lowest BCUT2D eigenvalue weighted by atomic mass is 10.2. The summed E-state index contributed by atoms with van der Waals surface area (Å²) in [5, 5.41) is 3.12. The smallest absolute Gasteiger partial charge is 0.142 e. The average molecular weight is 257 g/mol. The predicted octanol–water partition coefficient (Wildman–Crippen LogP) is 2.77. The summed E-state index contributed by atoms with van der Waals surface area (Å²) >= 11 is 0. The van der Waals surface area contributed by atoms with E-state index < -0.39 is 0 Å². The fourth-order valence-electron chi connectivity index (χ4n) is 1.99. The Morgan fingerprint density at radius 3 is 2.79 bits per heavy atom. The van der Waals surface area contributed by atoms with Gasteiger partial charge in [-0.05, 0) is 24.3 Å². The van der Waals surface area contributed by atoms with Gasteiger partial charge in [-0.2, -0.15) is 0 Å². The maximum atomic E-state index is 5.37. The highest BCUT2D eigenvalue weighted by atomic mass is 16.5. The number of nitrogens with zero attached hydrogens (tertiary/aromatic N) is 2. The first kappa shape index (κ1) is 13.2. The van der Waals surface area contributed by atoms with Gasteiger partial charge < -0.3 is 15.0 Å². The third kappa shape index (κ3) is 3.16. The maximum absolute atomic E-state index is 5.37. The highest BCUT2D eigenvalue weighted by Crippen LogP contribution is 2.27. The molecule has 19 heavy (non-hydrogen) atoms. The van der Waals surface area contributed by atoms with Gasteiger partial charge in [-0.15, -0.1) is 0 Å². The molecule has 0 atom stereocenters. The van der Waals surface area contributed by atoms with Crippen molar-refractivity contribution in [1.82, 2.24) is 4.98 Å². The van der Waals surface area contributed by atoms with Crippen LogP contribution in [0.1, 0.15) is 5.69 Å². The zero-order valence-corrected chi connectivity index (χ0v) is 11.6. The second-order valence-corrected chi connectivity index (χ2v) is 4.31. The summed E-state index contributed by atoms with van der Waals surface area (Å²) in [4.78, 5) is 6.51. The molecule has 4 nitrogen and oxygen atoms in total. The van der Waals surface area contributed by atoms with Crippen molar-refractivity contribution in [3.05, 3.63) is 48.3 Å². The van der Waals surface area contributed by atoms with E-state index in [0.29, 0.717) is 0 Å². The minimum Gasteiger partial charge on any atom is -0.495 e. The van der Waals surface area contributed by atoms with E-state index in [1.54, 1.807) is 7.11 Å². The number of methoxy groups -OCH3 is 1. The van der Waals surface area contributed by atoms with E-state index in [1.807, 2.05) is 56.7 Å². The van der Waals surface area contributed by atoms with Gasteiger partial charge in [-0.25, -0.2) is 0 Å². The molecule has 1 N–H and O–H groups in total. The monoisotopic (exact) mass is 257 g/mol. The van der Waals surface area contributed by atoms with Crippen LogP contribution in [-0.2, 0) is 6.54 Å². The van der Waals surface area contributed by atoms with E-state index in [2.05, 4.69) is 15.2 Å². The molecule has 0 bridgehead atoms. The quantitative estimate of drug-likeness (QED) is 0.893. The Morgan fingerprint density at radius 2 is 2.05 bits per heavy atom. The van der Waals surface area contributed by atoms with Crippen molar-refractivity contribution in [2.24, 2.45) is 0 Å². The molecule has 2 rings (SSSR count). The van der Waals surface area contributed by atoms with Gasteiger partial charge in [-0.3, -0.25) is 4.98 Å². The van der Waals surface area contributed by atoms with Gasteiger partial charge in [0.15, 0.2) is 0 Å². The molecule has 0 unspecified atom stereocenters. The van der Waals surface area contributed by atoms with Crippen LogP contribution in [-0.4, -0.2) is 26.2 Å². The first-order valence-electron chi connectivity index (χ1n) is 6.21. The fourth-order valence-corrected chi connectivity index (χ4v) is 1.99. The van der Waals surface area contributed by atoms with E-state index in [-0.39, 0.29) is 0 Å². The Balaban J connectivity index is 2.18. The number of anilines is 2. The molecule has 0 amide bonds. The van der Waals surface area contributed by atoms with Crippen molar-refractivity contribution in [2.45, 2.75) is 6.54 Å². The van der Waals surface area contributed by atoms with Crippen molar-refractivity contribution in [1.29, 1.82) is 0 Å². The number of pyridine rings is 1. The van der Waals surface area contributed by atoms with Crippen molar-refractivity contribution >= 4 is 11.4 Å². The molecular weight excluding hydrogens is 238 g/mol. The number of aromatic nitrogens is 1. The number of ether oxygens (including phenoxy) is 1. The van der Waals surface area contributed by atoms with Crippen LogP contribution in [0.5, 0.6) is 5.75 Å². The molecule has 0 spiro atoms. The van der Waals surface area contributed by atoms with Crippen LogP contribution < -0.4 is 15.0 Å². The minimum absolute atomic E-state index is 0.732. The Bertz CT molecular complexity index is 542. The molecule has 0 aliphatic rings. The van der Waals surface area contributed by atoms with Crippen LogP contribution >= 0.6 is 0 Å². The number of rotatable bonds is 5. The molecule has 1 heterocycles. The summed E-state index contributed by atoms with van der Waals surface area (Å²) in [6, 6.07) is 12.0. The largest absolute Gasteiger partial charge is 0.495 e. The minimum atomic E-state index is 0.732. The van der Waals surface area contributed by atoms with Crippen molar-refractivity contribution < 1.29 is 4.74 Å². The molecule has 4 heteroatoms. The summed E-state index contributed by atoms with van der Waals surface area (Å²) in [7, 11) is 5.63. The van der Waals surface area contributed by atoms with Gasteiger partial charge in [0.05, 0.1) is 25.0 Å². The summed E-state index contributed by atoms with van der Waals surface area (Å²) < 4.78 is 5.37. The Morgan fingerprint density at radius 1 is 1.26 bits per heavy atom. The highest BCUT2D eigenvalue weighted by molar-refractivity contribution is 5.58. The fraction of sp³-hybridized carbons (Fsp3) is 0.267. The Labute approximate surface area is 114 Å². The number of hydrogen-bond donors (Lipinski definition) is 1. The SMILES string of the molecule is CNc1ccnc(CN(C)c2ccccc2OC)c1. The molecule has 0 saturated carbocycles. The first-order chi connectivity index (χ1) is 9.24.